The van der Waals surface area contributed by atoms with E-state index in [1.165, 1.54) is 31.7 Å². The normalized spacial score (nSPS) is 15.1. The Hall–Kier alpha value is -0.880. The van der Waals surface area contributed by atoms with Crippen molar-refractivity contribution in [3.8, 4) is 0 Å². The lowest BCUT2D eigenvalue weighted by atomic mass is 10.0. The molecule has 114 valence electrons. The maximum atomic E-state index is 12.0. The molecule has 2 rings (SSSR count). The molecule has 0 aromatic heterocycles. The second-order valence-electron chi connectivity index (χ2n) is 5.35. The summed E-state index contributed by atoms with van der Waals surface area (Å²) in [7, 11) is 0. The zero-order chi connectivity index (χ0) is 15.4. The Balaban J connectivity index is 2.04. The Morgan fingerprint density at radius 2 is 1.90 bits per heavy atom. The first-order valence-corrected chi connectivity index (χ1v) is 8.58. The number of halogens is 2. The minimum Gasteiger partial charge on any atom is -0.478 e. The molecule has 0 spiro atoms. The molecule has 1 fully saturated rings. The maximum absolute atomic E-state index is 12.0. The van der Waals surface area contributed by atoms with Crippen LogP contribution in [0.4, 0.5) is 5.69 Å². The monoisotopic (exact) mass is 417 g/mol. The number of hydrogen-bond acceptors (Lipinski definition) is 2. The van der Waals surface area contributed by atoms with E-state index in [2.05, 4.69) is 37.2 Å². The predicted molar refractivity (Wildman–Crippen MR) is 88.6 cm³/mol. The van der Waals surface area contributed by atoms with Crippen LogP contribution in [-0.4, -0.2) is 17.0 Å². The third-order valence-corrected chi connectivity index (χ3v) is 4.89. The highest BCUT2D eigenvalue weighted by Crippen LogP contribution is 2.32. The van der Waals surface area contributed by atoms with Crippen LogP contribution >= 0.6 is 31.9 Å². The zero-order valence-corrected chi connectivity index (χ0v) is 14.7. The molecule has 1 aliphatic rings. The molecule has 1 saturated carbocycles. The van der Waals surface area contributed by atoms with Crippen molar-refractivity contribution in [2.75, 3.05) is 5.32 Å². The number of amides is 1. The number of carbonyl (C=O) groups is 2. The number of hydrogen-bond donors (Lipinski definition) is 2. The van der Waals surface area contributed by atoms with E-state index in [0.29, 0.717) is 27.0 Å². The molecule has 6 heteroatoms. The summed E-state index contributed by atoms with van der Waals surface area (Å²) in [6.45, 7) is 0. The summed E-state index contributed by atoms with van der Waals surface area (Å²) >= 11 is 6.56. The van der Waals surface area contributed by atoms with E-state index >= 15 is 0 Å². The van der Waals surface area contributed by atoms with Crippen molar-refractivity contribution in [1.82, 2.24) is 0 Å². The molecule has 0 aliphatic heterocycles. The summed E-state index contributed by atoms with van der Waals surface area (Å²) in [6, 6.07) is 3.21. The molecule has 4 nitrogen and oxygen atoms in total. The molecule has 0 bridgehead atoms. The van der Waals surface area contributed by atoms with Gasteiger partial charge in [0.1, 0.15) is 0 Å². The maximum Gasteiger partial charge on any atom is 0.337 e. The number of rotatable bonds is 5. The van der Waals surface area contributed by atoms with Gasteiger partial charge in [-0.15, -0.1) is 0 Å². The molecule has 21 heavy (non-hydrogen) atoms. The lowest BCUT2D eigenvalue weighted by Crippen LogP contribution is -2.16. The van der Waals surface area contributed by atoms with Crippen LogP contribution in [-0.2, 0) is 4.79 Å². The number of carboxylic acid groups (broad SMARTS) is 1. The highest BCUT2D eigenvalue weighted by atomic mass is 79.9. The van der Waals surface area contributed by atoms with E-state index in [1.807, 2.05) is 0 Å². The van der Waals surface area contributed by atoms with Gasteiger partial charge in [0.15, 0.2) is 0 Å². The molecule has 1 aromatic carbocycles. The molecule has 2 N–H and O–H groups in total. The highest BCUT2D eigenvalue weighted by molar-refractivity contribution is 9.11. The Morgan fingerprint density at radius 1 is 1.24 bits per heavy atom. The molecule has 1 amide bonds. The van der Waals surface area contributed by atoms with E-state index < -0.39 is 5.97 Å². The van der Waals surface area contributed by atoms with Crippen molar-refractivity contribution in [1.29, 1.82) is 0 Å². The van der Waals surface area contributed by atoms with E-state index in [9.17, 15) is 14.7 Å². The van der Waals surface area contributed by atoms with Crippen molar-refractivity contribution in [2.24, 2.45) is 5.92 Å². The van der Waals surface area contributed by atoms with Crippen molar-refractivity contribution in [2.45, 2.75) is 38.5 Å². The molecular weight excluding hydrogens is 402 g/mol. The van der Waals surface area contributed by atoms with Gasteiger partial charge in [-0.25, -0.2) is 4.79 Å². The summed E-state index contributed by atoms with van der Waals surface area (Å²) in [5, 5.41) is 12.0. The molecule has 0 saturated heterocycles. The zero-order valence-electron chi connectivity index (χ0n) is 11.5. The smallest absolute Gasteiger partial charge is 0.337 e. The van der Waals surface area contributed by atoms with Crippen molar-refractivity contribution < 1.29 is 14.7 Å². The van der Waals surface area contributed by atoms with Crippen LogP contribution in [0.5, 0.6) is 0 Å². The van der Waals surface area contributed by atoms with Gasteiger partial charge in [-0.2, -0.15) is 0 Å². The average molecular weight is 419 g/mol. The number of carbonyl (C=O) groups excluding carboxylic acids is 1. The first-order chi connectivity index (χ1) is 9.97. The van der Waals surface area contributed by atoms with Gasteiger partial charge < -0.3 is 10.4 Å². The van der Waals surface area contributed by atoms with Gasteiger partial charge in [-0.1, -0.05) is 41.6 Å². The minimum atomic E-state index is -1.07. The lowest BCUT2D eigenvalue weighted by Gasteiger charge is -2.13. The third kappa shape index (κ3) is 4.54. The Bertz CT molecular complexity index is 554. The summed E-state index contributed by atoms with van der Waals surface area (Å²) < 4.78 is 1.21. The topological polar surface area (TPSA) is 66.4 Å². The van der Waals surface area contributed by atoms with Crippen molar-refractivity contribution in [3.05, 3.63) is 26.6 Å². The predicted octanol–water partition coefficient (Wildman–Crippen LogP) is 4.82. The molecule has 0 heterocycles. The summed E-state index contributed by atoms with van der Waals surface area (Å²) in [4.78, 5) is 23.3. The van der Waals surface area contributed by atoms with Crippen molar-refractivity contribution in [3.63, 3.8) is 0 Å². The largest absolute Gasteiger partial charge is 0.478 e. The van der Waals surface area contributed by atoms with Crippen LogP contribution < -0.4 is 5.32 Å². The van der Waals surface area contributed by atoms with Crippen LogP contribution in [0.15, 0.2) is 21.1 Å². The number of carboxylic acids is 1. The lowest BCUT2D eigenvalue weighted by molar-refractivity contribution is -0.116. The molecular formula is C15H17Br2NO3. The summed E-state index contributed by atoms with van der Waals surface area (Å²) in [5.41, 5.74) is 0.396. The van der Waals surface area contributed by atoms with E-state index in [-0.39, 0.29) is 11.5 Å². The SMILES string of the molecule is O=C(CCC1CCCC1)Nc1c(Br)cc(Br)cc1C(=O)O. The Kier molecular flexibility index (Phi) is 5.81. The van der Waals surface area contributed by atoms with Crippen LogP contribution in [0.1, 0.15) is 48.9 Å². The fourth-order valence-electron chi connectivity index (χ4n) is 2.71. The van der Waals surface area contributed by atoms with Gasteiger partial charge in [-0.3, -0.25) is 4.79 Å². The average Bonchev–Trinajstić information content (AvgIpc) is 2.92. The van der Waals surface area contributed by atoms with E-state index in [0.717, 1.165) is 6.42 Å². The third-order valence-electron chi connectivity index (χ3n) is 3.80. The first kappa shape index (κ1) is 16.5. The molecule has 0 atom stereocenters. The first-order valence-electron chi connectivity index (χ1n) is 6.99. The second kappa shape index (κ2) is 7.40. The molecule has 1 aromatic rings. The van der Waals surface area contributed by atoms with Gasteiger partial charge in [0.25, 0.3) is 0 Å². The number of anilines is 1. The van der Waals surface area contributed by atoms with Crippen LogP contribution in [0, 0.1) is 5.92 Å². The number of benzene rings is 1. The second-order valence-corrected chi connectivity index (χ2v) is 7.12. The molecule has 1 aliphatic carbocycles. The van der Waals surface area contributed by atoms with Gasteiger partial charge in [-0.05, 0) is 40.4 Å². The van der Waals surface area contributed by atoms with Gasteiger partial charge in [0.2, 0.25) is 5.91 Å². The molecule has 0 unspecified atom stereocenters. The highest BCUT2D eigenvalue weighted by Gasteiger charge is 2.19. The summed E-state index contributed by atoms with van der Waals surface area (Å²) in [6.07, 6.45) is 6.24. The Morgan fingerprint density at radius 3 is 2.52 bits per heavy atom. The number of aromatic carboxylic acids is 1. The minimum absolute atomic E-state index is 0.0745. The fraction of sp³-hybridized carbons (Fsp3) is 0.467. The fourth-order valence-corrected chi connectivity index (χ4v) is 4.03. The van der Waals surface area contributed by atoms with E-state index in [4.69, 9.17) is 0 Å². The van der Waals surface area contributed by atoms with Gasteiger partial charge in [0.05, 0.1) is 11.3 Å². The Labute approximate surface area is 140 Å². The number of nitrogens with one attached hydrogen (secondary N) is 1. The van der Waals surface area contributed by atoms with Crippen LogP contribution in [0.3, 0.4) is 0 Å². The van der Waals surface area contributed by atoms with Crippen LogP contribution in [0.2, 0.25) is 0 Å². The van der Waals surface area contributed by atoms with Gasteiger partial charge in [0, 0.05) is 15.4 Å². The quantitative estimate of drug-likeness (QED) is 0.720. The standard InChI is InChI=1S/C15H17Br2NO3/c16-10-7-11(15(20)21)14(12(17)8-10)18-13(19)6-5-9-3-1-2-4-9/h7-9H,1-6H2,(H,18,19)(H,20,21). The van der Waals surface area contributed by atoms with Crippen LogP contribution in [0.25, 0.3) is 0 Å². The van der Waals surface area contributed by atoms with Gasteiger partial charge >= 0.3 is 5.97 Å². The van der Waals surface area contributed by atoms with Crippen molar-refractivity contribution >= 4 is 49.4 Å². The summed E-state index contributed by atoms with van der Waals surface area (Å²) in [5.74, 6) is -0.557. The van der Waals surface area contributed by atoms with E-state index in [1.54, 1.807) is 6.07 Å². The molecule has 0 radical (unpaired) electrons.